The number of halogens is 1. The molecule has 1 atom stereocenters. The second-order valence-corrected chi connectivity index (χ2v) is 6.19. The summed E-state index contributed by atoms with van der Waals surface area (Å²) in [5.74, 6) is -0.322. The summed E-state index contributed by atoms with van der Waals surface area (Å²) in [6.45, 7) is 0.259. The van der Waals surface area contributed by atoms with E-state index in [-0.39, 0.29) is 12.4 Å². The molecule has 1 aliphatic rings. The minimum atomic E-state index is -0.766. The topological polar surface area (TPSA) is 68.8 Å². The Hall–Kier alpha value is -2.54. The third kappa shape index (κ3) is 2.94. The van der Waals surface area contributed by atoms with E-state index in [0.717, 1.165) is 11.3 Å². The van der Waals surface area contributed by atoms with E-state index < -0.39 is 6.10 Å². The molecule has 1 aromatic carbocycles. The zero-order valence-electron chi connectivity index (χ0n) is 13.1. The van der Waals surface area contributed by atoms with Gasteiger partial charge in [-0.3, -0.25) is 4.68 Å². The lowest BCUT2D eigenvalue weighted by Gasteiger charge is -2.25. The molecule has 0 bridgehead atoms. The largest absolute Gasteiger partial charge is 0.386 e. The van der Waals surface area contributed by atoms with Crippen LogP contribution in [0.4, 0.5) is 4.39 Å². The van der Waals surface area contributed by atoms with Gasteiger partial charge < -0.3 is 5.11 Å². The molecule has 124 valence electrons. The Morgan fingerprint density at radius 2 is 2.00 bits per heavy atom. The van der Waals surface area contributed by atoms with Crippen molar-refractivity contribution in [1.82, 2.24) is 24.8 Å². The molecule has 0 radical (unpaired) electrons. The van der Waals surface area contributed by atoms with Crippen LogP contribution in [0, 0.1) is 5.82 Å². The molecule has 3 aromatic rings. The summed E-state index contributed by atoms with van der Waals surface area (Å²) in [5, 5.41) is 22.8. The highest BCUT2D eigenvalue weighted by Crippen LogP contribution is 2.31. The van der Waals surface area contributed by atoms with Gasteiger partial charge >= 0.3 is 0 Å². The lowest BCUT2D eigenvalue weighted by atomic mass is 9.93. The van der Waals surface area contributed by atoms with Gasteiger partial charge in [-0.1, -0.05) is 17.3 Å². The van der Waals surface area contributed by atoms with E-state index >= 15 is 0 Å². The fraction of sp³-hybridized carbons (Fsp3) is 0.353. The molecule has 0 spiro atoms. The number of aromatic nitrogens is 5. The van der Waals surface area contributed by atoms with E-state index in [0.29, 0.717) is 11.6 Å². The van der Waals surface area contributed by atoms with Crippen LogP contribution in [0.25, 0.3) is 11.3 Å². The van der Waals surface area contributed by atoms with Crippen molar-refractivity contribution in [2.75, 3.05) is 0 Å². The number of aliphatic hydroxyl groups is 1. The maximum absolute atomic E-state index is 12.9. The van der Waals surface area contributed by atoms with E-state index in [1.54, 1.807) is 29.2 Å². The van der Waals surface area contributed by atoms with Crippen molar-refractivity contribution in [3.8, 4) is 11.3 Å². The Balaban J connectivity index is 1.46. The van der Waals surface area contributed by atoms with Gasteiger partial charge in [-0.15, -0.1) is 5.10 Å². The normalized spacial score (nSPS) is 16.1. The standard InChI is InChI=1S/C17H18FN5O/c18-14-6-4-12(5-7-14)17(24)11-22-10-16(20-21-22)13-8-19-23(9-13)15-2-1-3-15/h4-10,15,17,24H,1-3,11H2/t17-/m1/s1. The van der Waals surface area contributed by atoms with E-state index in [1.165, 1.54) is 31.4 Å². The Morgan fingerprint density at radius 1 is 1.21 bits per heavy atom. The first kappa shape index (κ1) is 15.0. The van der Waals surface area contributed by atoms with Crippen molar-refractivity contribution < 1.29 is 9.50 Å². The van der Waals surface area contributed by atoms with Crippen molar-refractivity contribution in [2.24, 2.45) is 0 Å². The Bertz CT molecular complexity index is 822. The van der Waals surface area contributed by atoms with Gasteiger partial charge in [-0.05, 0) is 37.0 Å². The molecule has 0 amide bonds. The highest BCUT2D eigenvalue weighted by molar-refractivity contribution is 5.55. The Kier molecular flexibility index (Phi) is 3.86. The van der Waals surface area contributed by atoms with Gasteiger partial charge in [0.05, 0.1) is 31.1 Å². The maximum atomic E-state index is 12.9. The van der Waals surface area contributed by atoms with Crippen LogP contribution in [0.3, 0.4) is 0 Å². The molecular formula is C17H18FN5O. The molecule has 2 aromatic heterocycles. The van der Waals surface area contributed by atoms with Crippen LogP contribution in [0.2, 0.25) is 0 Å². The molecule has 1 saturated carbocycles. The molecule has 4 rings (SSSR count). The number of aliphatic hydroxyl groups excluding tert-OH is 1. The van der Waals surface area contributed by atoms with E-state index in [4.69, 9.17) is 0 Å². The van der Waals surface area contributed by atoms with Crippen LogP contribution in [-0.2, 0) is 6.54 Å². The third-order valence-electron chi connectivity index (χ3n) is 4.50. The van der Waals surface area contributed by atoms with Crippen LogP contribution in [-0.4, -0.2) is 29.9 Å². The molecule has 6 nitrogen and oxygen atoms in total. The van der Waals surface area contributed by atoms with Crippen molar-refractivity contribution in [1.29, 1.82) is 0 Å². The molecular weight excluding hydrogens is 309 g/mol. The van der Waals surface area contributed by atoms with Gasteiger partial charge in [0.15, 0.2) is 0 Å². The summed E-state index contributed by atoms with van der Waals surface area (Å²) in [6.07, 6.45) is 8.43. The van der Waals surface area contributed by atoms with Crippen LogP contribution in [0.5, 0.6) is 0 Å². The number of benzene rings is 1. The number of hydrogen-bond acceptors (Lipinski definition) is 4. The lowest BCUT2D eigenvalue weighted by Crippen LogP contribution is -2.16. The van der Waals surface area contributed by atoms with Gasteiger partial charge in [-0.2, -0.15) is 5.10 Å². The van der Waals surface area contributed by atoms with Crippen LogP contribution >= 0.6 is 0 Å². The number of nitrogens with zero attached hydrogens (tertiary/aromatic N) is 5. The van der Waals surface area contributed by atoms with Gasteiger partial charge in [0.2, 0.25) is 0 Å². The SMILES string of the molecule is O[C@H](Cn1cc(-c2cnn(C3CCC3)c2)nn1)c1ccc(F)cc1. The monoisotopic (exact) mass is 327 g/mol. The smallest absolute Gasteiger partial charge is 0.123 e. The molecule has 1 aliphatic carbocycles. The predicted molar refractivity (Wildman–Crippen MR) is 85.5 cm³/mol. The minimum absolute atomic E-state index is 0.259. The molecule has 2 heterocycles. The first-order chi connectivity index (χ1) is 11.7. The first-order valence-electron chi connectivity index (χ1n) is 8.07. The average Bonchev–Trinajstić information content (AvgIpc) is 3.15. The predicted octanol–water partition coefficient (Wildman–Crippen LogP) is 2.74. The van der Waals surface area contributed by atoms with Crippen LogP contribution in [0.1, 0.15) is 37.0 Å². The van der Waals surface area contributed by atoms with Gasteiger partial charge in [0.25, 0.3) is 0 Å². The van der Waals surface area contributed by atoms with Crippen molar-refractivity contribution in [3.05, 3.63) is 54.2 Å². The zero-order valence-corrected chi connectivity index (χ0v) is 13.1. The van der Waals surface area contributed by atoms with Crippen LogP contribution in [0.15, 0.2) is 42.9 Å². The molecule has 1 fully saturated rings. The summed E-state index contributed by atoms with van der Waals surface area (Å²) in [4.78, 5) is 0. The Morgan fingerprint density at radius 3 is 2.71 bits per heavy atom. The summed E-state index contributed by atoms with van der Waals surface area (Å²) < 4.78 is 16.5. The fourth-order valence-electron chi connectivity index (χ4n) is 2.81. The van der Waals surface area contributed by atoms with E-state index in [9.17, 15) is 9.50 Å². The molecule has 24 heavy (non-hydrogen) atoms. The minimum Gasteiger partial charge on any atom is -0.386 e. The lowest BCUT2D eigenvalue weighted by molar-refractivity contribution is 0.150. The van der Waals surface area contributed by atoms with Gasteiger partial charge in [-0.25, -0.2) is 9.07 Å². The molecule has 7 heteroatoms. The highest BCUT2D eigenvalue weighted by Gasteiger charge is 2.20. The zero-order chi connectivity index (χ0) is 16.5. The second kappa shape index (κ2) is 6.16. The Labute approximate surface area is 138 Å². The molecule has 1 N–H and O–H groups in total. The highest BCUT2D eigenvalue weighted by atomic mass is 19.1. The summed E-state index contributed by atoms with van der Waals surface area (Å²) in [7, 11) is 0. The van der Waals surface area contributed by atoms with Gasteiger partial charge in [0.1, 0.15) is 11.5 Å². The molecule has 0 unspecified atom stereocenters. The van der Waals surface area contributed by atoms with Crippen molar-refractivity contribution >= 4 is 0 Å². The summed E-state index contributed by atoms with van der Waals surface area (Å²) in [5.41, 5.74) is 2.29. The molecule has 0 aliphatic heterocycles. The number of rotatable bonds is 5. The van der Waals surface area contributed by atoms with Gasteiger partial charge in [0, 0.05) is 11.8 Å². The first-order valence-corrected chi connectivity index (χ1v) is 8.07. The average molecular weight is 327 g/mol. The third-order valence-corrected chi connectivity index (χ3v) is 4.50. The molecule has 0 saturated heterocycles. The van der Waals surface area contributed by atoms with E-state index in [2.05, 4.69) is 15.4 Å². The van der Waals surface area contributed by atoms with Crippen molar-refractivity contribution in [3.63, 3.8) is 0 Å². The second-order valence-electron chi connectivity index (χ2n) is 6.19. The quantitative estimate of drug-likeness (QED) is 0.782. The summed E-state index contributed by atoms with van der Waals surface area (Å²) in [6, 6.07) is 6.32. The van der Waals surface area contributed by atoms with Crippen molar-refractivity contribution in [2.45, 2.75) is 38.0 Å². The van der Waals surface area contributed by atoms with E-state index in [1.807, 2.05) is 10.9 Å². The number of hydrogen-bond donors (Lipinski definition) is 1. The summed E-state index contributed by atoms with van der Waals surface area (Å²) >= 11 is 0. The maximum Gasteiger partial charge on any atom is 0.123 e. The fourth-order valence-corrected chi connectivity index (χ4v) is 2.81. The van der Waals surface area contributed by atoms with Crippen LogP contribution < -0.4 is 0 Å².